The molecule has 2 aliphatic rings. The van der Waals surface area contributed by atoms with E-state index in [9.17, 15) is 5.11 Å². The van der Waals surface area contributed by atoms with Crippen LogP contribution in [0.3, 0.4) is 0 Å². The van der Waals surface area contributed by atoms with E-state index >= 15 is 0 Å². The number of ether oxygens (including phenoxy) is 1. The van der Waals surface area contributed by atoms with Crippen LogP contribution in [0.15, 0.2) is 5.38 Å². The van der Waals surface area contributed by atoms with Crippen LogP contribution in [0.4, 0.5) is 0 Å². The van der Waals surface area contributed by atoms with Gasteiger partial charge >= 0.3 is 0 Å². The van der Waals surface area contributed by atoms with Crippen molar-refractivity contribution in [2.45, 2.75) is 50.7 Å². The number of aryl methyl sites for hydroxylation is 1. The maximum Gasteiger partial charge on any atom is 0.123 e. The van der Waals surface area contributed by atoms with Gasteiger partial charge in [0.05, 0.1) is 12.2 Å². The number of aromatic nitrogens is 1. The summed E-state index contributed by atoms with van der Waals surface area (Å²) in [5.41, 5.74) is 0.593. The molecular weight excluding hydrogens is 272 g/mol. The van der Waals surface area contributed by atoms with Gasteiger partial charge in [-0.3, -0.25) is 4.90 Å². The van der Waals surface area contributed by atoms with Crippen molar-refractivity contribution in [1.29, 1.82) is 0 Å². The molecule has 1 aliphatic heterocycles. The summed E-state index contributed by atoms with van der Waals surface area (Å²) in [6.07, 6.45) is 5.57. The van der Waals surface area contributed by atoms with Crippen LogP contribution in [0.5, 0.6) is 0 Å². The van der Waals surface area contributed by atoms with Gasteiger partial charge in [-0.15, -0.1) is 11.3 Å². The first-order chi connectivity index (χ1) is 9.65. The molecule has 0 bridgehead atoms. The maximum atomic E-state index is 10.7. The third-order valence-electron chi connectivity index (χ3n) is 4.36. The van der Waals surface area contributed by atoms with Gasteiger partial charge in [0.15, 0.2) is 0 Å². The standard InChI is InChI=1S/C15H24N2O2S/c1-12-10-20-14(16-12)13-9-17(7-8-19-13)11-15(18)5-3-2-4-6-15/h10,13,18H,2-9,11H2,1H3/t13-/m0/s1. The zero-order chi connectivity index (χ0) is 14.0. The van der Waals surface area contributed by atoms with Crippen molar-refractivity contribution in [1.82, 2.24) is 9.88 Å². The molecule has 0 unspecified atom stereocenters. The Labute approximate surface area is 124 Å². The highest BCUT2D eigenvalue weighted by Crippen LogP contribution is 2.31. The van der Waals surface area contributed by atoms with Gasteiger partial charge in [-0.2, -0.15) is 0 Å². The highest BCUT2D eigenvalue weighted by atomic mass is 32.1. The largest absolute Gasteiger partial charge is 0.389 e. The molecule has 1 aromatic rings. The van der Waals surface area contributed by atoms with Crippen LogP contribution in [-0.2, 0) is 4.74 Å². The van der Waals surface area contributed by atoms with Gasteiger partial charge in [-0.05, 0) is 19.8 Å². The molecule has 3 rings (SSSR count). The second-order valence-corrected chi connectivity index (χ2v) is 7.10. The third kappa shape index (κ3) is 3.39. The van der Waals surface area contributed by atoms with Gasteiger partial charge in [-0.1, -0.05) is 19.3 Å². The Kier molecular flexibility index (Phi) is 4.40. The lowest BCUT2D eigenvalue weighted by Crippen LogP contribution is -2.49. The summed E-state index contributed by atoms with van der Waals surface area (Å²) in [5.74, 6) is 0. The monoisotopic (exact) mass is 296 g/mol. The van der Waals surface area contributed by atoms with Crippen molar-refractivity contribution in [3.8, 4) is 0 Å². The van der Waals surface area contributed by atoms with Gasteiger partial charge < -0.3 is 9.84 Å². The lowest BCUT2D eigenvalue weighted by molar-refractivity contribution is -0.0766. The number of hydrogen-bond donors (Lipinski definition) is 1. The first-order valence-corrected chi connectivity index (χ1v) is 8.51. The molecule has 5 heteroatoms. The molecule has 2 fully saturated rings. The molecule has 1 aliphatic carbocycles. The summed E-state index contributed by atoms with van der Waals surface area (Å²) >= 11 is 1.68. The topological polar surface area (TPSA) is 45.6 Å². The minimum Gasteiger partial charge on any atom is -0.389 e. The molecule has 1 atom stereocenters. The predicted octanol–water partition coefficient (Wildman–Crippen LogP) is 2.52. The van der Waals surface area contributed by atoms with E-state index in [4.69, 9.17) is 4.74 Å². The molecule has 4 nitrogen and oxygen atoms in total. The summed E-state index contributed by atoms with van der Waals surface area (Å²) in [4.78, 5) is 6.89. The van der Waals surface area contributed by atoms with E-state index in [2.05, 4.69) is 15.3 Å². The van der Waals surface area contributed by atoms with Crippen LogP contribution in [0.2, 0.25) is 0 Å². The van der Waals surface area contributed by atoms with E-state index in [0.717, 1.165) is 62.6 Å². The summed E-state index contributed by atoms with van der Waals surface area (Å²) in [7, 11) is 0. The predicted molar refractivity (Wildman–Crippen MR) is 80.0 cm³/mol. The summed E-state index contributed by atoms with van der Waals surface area (Å²) < 4.78 is 5.85. The van der Waals surface area contributed by atoms with Crippen molar-refractivity contribution in [3.63, 3.8) is 0 Å². The van der Waals surface area contributed by atoms with Gasteiger partial charge in [0.2, 0.25) is 0 Å². The summed E-state index contributed by atoms with van der Waals surface area (Å²) in [6, 6.07) is 0. The summed E-state index contributed by atoms with van der Waals surface area (Å²) in [5, 5.41) is 13.8. The first kappa shape index (κ1) is 14.4. The lowest BCUT2D eigenvalue weighted by atomic mass is 9.84. The fourth-order valence-electron chi connectivity index (χ4n) is 3.30. The van der Waals surface area contributed by atoms with Crippen LogP contribution in [0.1, 0.15) is 48.9 Å². The number of rotatable bonds is 3. The van der Waals surface area contributed by atoms with Crippen molar-refractivity contribution >= 4 is 11.3 Å². The lowest BCUT2D eigenvalue weighted by Gasteiger charge is -2.40. The normalized spacial score (nSPS) is 27.6. The average molecular weight is 296 g/mol. The van der Waals surface area contributed by atoms with Crippen LogP contribution >= 0.6 is 11.3 Å². The van der Waals surface area contributed by atoms with Crippen molar-refractivity contribution in [3.05, 3.63) is 16.1 Å². The Bertz CT molecular complexity index is 443. The Morgan fingerprint density at radius 1 is 1.45 bits per heavy atom. The molecular formula is C15H24N2O2S. The van der Waals surface area contributed by atoms with E-state index < -0.39 is 5.60 Å². The second-order valence-electron chi connectivity index (χ2n) is 6.21. The number of morpholine rings is 1. The minimum absolute atomic E-state index is 0.0784. The number of nitrogens with zero attached hydrogens (tertiary/aromatic N) is 2. The number of aliphatic hydroxyl groups is 1. The van der Waals surface area contributed by atoms with E-state index in [1.807, 2.05) is 6.92 Å². The van der Waals surface area contributed by atoms with E-state index in [1.165, 1.54) is 6.42 Å². The van der Waals surface area contributed by atoms with E-state index in [-0.39, 0.29) is 6.10 Å². The highest BCUT2D eigenvalue weighted by molar-refractivity contribution is 7.09. The van der Waals surface area contributed by atoms with Gasteiger partial charge in [0, 0.05) is 30.7 Å². The smallest absolute Gasteiger partial charge is 0.123 e. The molecule has 2 heterocycles. The Morgan fingerprint density at radius 2 is 2.25 bits per heavy atom. The maximum absolute atomic E-state index is 10.7. The molecule has 112 valence electrons. The zero-order valence-electron chi connectivity index (χ0n) is 12.2. The van der Waals surface area contributed by atoms with E-state index in [1.54, 1.807) is 11.3 Å². The Balaban J connectivity index is 1.60. The minimum atomic E-state index is -0.473. The van der Waals surface area contributed by atoms with Crippen LogP contribution in [0.25, 0.3) is 0 Å². The number of hydrogen-bond acceptors (Lipinski definition) is 5. The average Bonchev–Trinajstić information content (AvgIpc) is 2.86. The van der Waals surface area contributed by atoms with Gasteiger partial charge in [-0.25, -0.2) is 4.98 Å². The summed E-state index contributed by atoms with van der Waals surface area (Å²) in [6.45, 7) is 5.32. The molecule has 0 spiro atoms. The zero-order valence-corrected chi connectivity index (χ0v) is 13.0. The number of β-amino-alcohol motifs (C(OH)–C–C–N with tert-alkyl or cyclic N) is 1. The van der Waals surface area contributed by atoms with Crippen molar-refractivity contribution < 1.29 is 9.84 Å². The third-order valence-corrected chi connectivity index (χ3v) is 5.42. The fourth-order valence-corrected chi connectivity index (χ4v) is 4.13. The molecule has 20 heavy (non-hydrogen) atoms. The van der Waals surface area contributed by atoms with Crippen molar-refractivity contribution in [2.75, 3.05) is 26.2 Å². The van der Waals surface area contributed by atoms with Crippen LogP contribution < -0.4 is 0 Å². The van der Waals surface area contributed by atoms with Gasteiger partial charge in [0.1, 0.15) is 11.1 Å². The van der Waals surface area contributed by atoms with Crippen molar-refractivity contribution in [2.24, 2.45) is 0 Å². The van der Waals surface area contributed by atoms with E-state index in [0.29, 0.717) is 0 Å². The molecule has 0 amide bonds. The van der Waals surface area contributed by atoms with Crippen LogP contribution in [-0.4, -0.2) is 46.8 Å². The molecule has 1 saturated heterocycles. The molecule has 0 aromatic carbocycles. The number of thiazole rings is 1. The SMILES string of the molecule is Cc1csc([C@@H]2CN(CC3(O)CCCCC3)CCO2)n1. The van der Waals surface area contributed by atoms with Crippen LogP contribution in [0, 0.1) is 6.92 Å². The second kappa shape index (κ2) is 6.10. The molecule has 0 radical (unpaired) electrons. The highest BCUT2D eigenvalue weighted by Gasteiger charge is 2.34. The molecule has 1 saturated carbocycles. The quantitative estimate of drug-likeness (QED) is 0.931. The first-order valence-electron chi connectivity index (χ1n) is 7.63. The molecule has 1 N–H and O–H groups in total. The Hall–Kier alpha value is -0.490. The molecule has 1 aromatic heterocycles. The fraction of sp³-hybridized carbons (Fsp3) is 0.800. The Morgan fingerprint density at radius 3 is 2.95 bits per heavy atom. The van der Waals surface area contributed by atoms with Gasteiger partial charge in [0.25, 0.3) is 0 Å².